The summed E-state index contributed by atoms with van der Waals surface area (Å²) >= 11 is 0. The van der Waals surface area contributed by atoms with Crippen molar-refractivity contribution in [3.8, 4) is 11.3 Å². The van der Waals surface area contributed by atoms with E-state index in [2.05, 4.69) is 20.3 Å². The monoisotopic (exact) mass is 268 g/mol. The van der Waals surface area contributed by atoms with E-state index in [0.717, 1.165) is 22.2 Å². The number of para-hydroxylation sites is 1. The van der Waals surface area contributed by atoms with Crippen molar-refractivity contribution in [3.63, 3.8) is 0 Å². The number of carboxylic acid groups (broad SMARTS) is 1. The fraction of sp³-hybridized carbons (Fsp3) is 0.0714. The fourth-order valence-corrected chi connectivity index (χ4v) is 2.03. The number of hydrogen-bond acceptors (Lipinski definition) is 4. The van der Waals surface area contributed by atoms with E-state index in [-0.39, 0.29) is 6.54 Å². The Balaban J connectivity index is 1.97. The average molecular weight is 268 g/mol. The molecule has 0 bridgehead atoms. The minimum absolute atomic E-state index is 0.211. The molecular formula is C14H12N4O2. The zero-order valence-corrected chi connectivity index (χ0v) is 10.5. The molecule has 0 unspecified atom stereocenters. The maximum atomic E-state index is 10.5. The van der Waals surface area contributed by atoms with Gasteiger partial charge in [0.15, 0.2) is 0 Å². The minimum Gasteiger partial charge on any atom is -0.480 e. The van der Waals surface area contributed by atoms with Gasteiger partial charge in [-0.3, -0.25) is 4.79 Å². The molecule has 3 aromatic rings. The van der Waals surface area contributed by atoms with Crippen LogP contribution in [-0.4, -0.2) is 32.6 Å². The molecule has 0 aliphatic rings. The number of fused-ring (bicyclic) bond motifs is 1. The summed E-state index contributed by atoms with van der Waals surface area (Å²) in [4.78, 5) is 22.1. The van der Waals surface area contributed by atoms with E-state index in [1.807, 2.05) is 30.5 Å². The van der Waals surface area contributed by atoms with E-state index >= 15 is 0 Å². The van der Waals surface area contributed by atoms with Gasteiger partial charge < -0.3 is 15.4 Å². The highest BCUT2D eigenvalue weighted by Crippen LogP contribution is 2.27. The molecule has 0 aliphatic heterocycles. The number of aromatic nitrogens is 3. The van der Waals surface area contributed by atoms with Gasteiger partial charge in [0.1, 0.15) is 6.54 Å². The highest BCUT2D eigenvalue weighted by atomic mass is 16.4. The summed E-state index contributed by atoms with van der Waals surface area (Å²) < 4.78 is 0. The van der Waals surface area contributed by atoms with Gasteiger partial charge in [0, 0.05) is 28.9 Å². The first-order valence-corrected chi connectivity index (χ1v) is 6.09. The van der Waals surface area contributed by atoms with Gasteiger partial charge in [0.05, 0.1) is 5.69 Å². The molecule has 0 amide bonds. The molecule has 2 aromatic heterocycles. The van der Waals surface area contributed by atoms with Crippen molar-refractivity contribution < 1.29 is 9.90 Å². The van der Waals surface area contributed by atoms with E-state index in [0.29, 0.717) is 5.95 Å². The summed E-state index contributed by atoms with van der Waals surface area (Å²) in [6.07, 6.45) is 3.49. The molecule has 6 heteroatoms. The molecule has 3 rings (SSSR count). The molecule has 20 heavy (non-hydrogen) atoms. The Morgan fingerprint density at radius 1 is 1.30 bits per heavy atom. The van der Waals surface area contributed by atoms with Gasteiger partial charge in [-0.05, 0) is 12.1 Å². The summed E-state index contributed by atoms with van der Waals surface area (Å²) in [6.45, 7) is -0.211. The van der Waals surface area contributed by atoms with Crippen LogP contribution in [0, 0.1) is 0 Å². The number of carboxylic acids is 1. The molecule has 0 fully saturated rings. The number of nitrogens with zero attached hydrogens (tertiary/aromatic N) is 2. The maximum absolute atomic E-state index is 10.5. The van der Waals surface area contributed by atoms with E-state index in [1.165, 1.54) is 0 Å². The van der Waals surface area contributed by atoms with Crippen LogP contribution < -0.4 is 5.32 Å². The van der Waals surface area contributed by atoms with Crippen molar-refractivity contribution in [1.82, 2.24) is 15.0 Å². The largest absolute Gasteiger partial charge is 0.480 e. The smallest absolute Gasteiger partial charge is 0.322 e. The number of aromatic amines is 1. The Labute approximate surface area is 114 Å². The Morgan fingerprint density at radius 2 is 2.15 bits per heavy atom. The number of rotatable bonds is 4. The molecule has 3 N–H and O–H groups in total. The number of carbonyl (C=O) groups is 1. The first kappa shape index (κ1) is 12.2. The molecule has 0 aliphatic carbocycles. The van der Waals surface area contributed by atoms with Crippen LogP contribution in [0.1, 0.15) is 0 Å². The lowest BCUT2D eigenvalue weighted by molar-refractivity contribution is -0.134. The van der Waals surface area contributed by atoms with Crippen LogP contribution in [0.5, 0.6) is 0 Å². The predicted molar refractivity (Wildman–Crippen MR) is 75.5 cm³/mol. The highest BCUT2D eigenvalue weighted by Gasteiger charge is 2.08. The molecule has 0 saturated heterocycles. The standard InChI is InChI=1S/C14H12N4O2/c19-13(20)8-17-14-15-6-5-12(18-14)10-7-16-11-4-2-1-3-9(10)11/h1-7,16H,8H2,(H,19,20)(H,15,17,18). The predicted octanol–water partition coefficient (Wildman–Crippen LogP) is 2.12. The Bertz CT molecular complexity index is 766. The number of aliphatic carboxylic acids is 1. The first-order valence-electron chi connectivity index (χ1n) is 6.09. The second kappa shape index (κ2) is 5.00. The number of nitrogens with one attached hydrogen (secondary N) is 2. The number of benzene rings is 1. The summed E-state index contributed by atoms with van der Waals surface area (Å²) in [5.74, 6) is -0.652. The van der Waals surface area contributed by atoms with Gasteiger partial charge >= 0.3 is 5.97 Å². The van der Waals surface area contributed by atoms with E-state index < -0.39 is 5.97 Å². The van der Waals surface area contributed by atoms with Crippen LogP contribution in [0.4, 0.5) is 5.95 Å². The Kier molecular flexibility index (Phi) is 3.04. The molecule has 1 aromatic carbocycles. The van der Waals surface area contributed by atoms with Gasteiger partial charge in [-0.25, -0.2) is 9.97 Å². The summed E-state index contributed by atoms with van der Waals surface area (Å²) in [5.41, 5.74) is 2.73. The SMILES string of the molecule is O=C(O)CNc1nccc(-c2c[nH]c3ccccc23)n1. The fourth-order valence-electron chi connectivity index (χ4n) is 2.03. The van der Waals surface area contributed by atoms with E-state index in [9.17, 15) is 4.79 Å². The lowest BCUT2D eigenvalue weighted by Crippen LogP contribution is -2.14. The number of hydrogen-bond donors (Lipinski definition) is 3. The Morgan fingerprint density at radius 3 is 3.00 bits per heavy atom. The van der Waals surface area contributed by atoms with Crippen molar-refractivity contribution >= 4 is 22.8 Å². The third kappa shape index (κ3) is 2.31. The van der Waals surface area contributed by atoms with Crippen molar-refractivity contribution in [2.45, 2.75) is 0 Å². The van der Waals surface area contributed by atoms with Crippen molar-refractivity contribution in [2.75, 3.05) is 11.9 Å². The lowest BCUT2D eigenvalue weighted by atomic mass is 10.1. The van der Waals surface area contributed by atoms with E-state index in [4.69, 9.17) is 5.11 Å². The van der Waals surface area contributed by atoms with Crippen molar-refractivity contribution in [2.24, 2.45) is 0 Å². The van der Waals surface area contributed by atoms with Gasteiger partial charge in [-0.1, -0.05) is 18.2 Å². The normalized spacial score (nSPS) is 10.6. The molecule has 0 atom stereocenters. The zero-order valence-electron chi connectivity index (χ0n) is 10.5. The summed E-state index contributed by atoms with van der Waals surface area (Å²) in [7, 11) is 0. The second-order valence-electron chi connectivity index (χ2n) is 4.26. The van der Waals surface area contributed by atoms with Crippen LogP contribution >= 0.6 is 0 Å². The van der Waals surface area contributed by atoms with Gasteiger partial charge in [-0.2, -0.15) is 0 Å². The molecule has 6 nitrogen and oxygen atoms in total. The van der Waals surface area contributed by atoms with Crippen LogP contribution in [-0.2, 0) is 4.79 Å². The quantitative estimate of drug-likeness (QED) is 0.674. The van der Waals surface area contributed by atoms with Crippen LogP contribution in [0.15, 0.2) is 42.7 Å². The first-order chi connectivity index (χ1) is 9.74. The third-order valence-electron chi connectivity index (χ3n) is 2.92. The van der Waals surface area contributed by atoms with Gasteiger partial charge in [-0.15, -0.1) is 0 Å². The van der Waals surface area contributed by atoms with E-state index in [1.54, 1.807) is 12.3 Å². The highest BCUT2D eigenvalue weighted by molar-refractivity contribution is 5.94. The molecule has 0 spiro atoms. The van der Waals surface area contributed by atoms with Crippen LogP contribution in [0.3, 0.4) is 0 Å². The second-order valence-corrected chi connectivity index (χ2v) is 4.26. The summed E-state index contributed by atoms with van der Waals surface area (Å²) in [5, 5.41) is 12.4. The van der Waals surface area contributed by atoms with Gasteiger partial charge in [0.25, 0.3) is 0 Å². The molecular weight excluding hydrogens is 256 g/mol. The van der Waals surface area contributed by atoms with Crippen LogP contribution in [0.25, 0.3) is 22.2 Å². The molecule has 0 radical (unpaired) electrons. The van der Waals surface area contributed by atoms with Crippen molar-refractivity contribution in [1.29, 1.82) is 0 Å². The number of H-pyrrole nitrogens is 1. The Hall–Kier alpha value is -2.89. The number of anilines is 1. The average Bonchev–Trinajstić information content (AvgIpc) is 2.89. The molecule has 2 heterocycles. The van der Waals surface area contributed by atoms with Gasteiger partial charge in [0.2, 0.25) is 5.95 Å². The topological polar surface area (TPSA) is 90.9 Å². The lowest BCUT2D eigenvalue weighted by Gasteiger charge is -2.03. The van der Waals surface area contributed by atoms with Crippen LogP contribution in [0.2, 0.25) is 0 Å². The zero-order chi connectivity index (χ0) is 13.9. The molecule has 100 valence electrons. The maximum Gasteiger partial charge on any atom is 0.322 e. The van der Waals surface area contributed by atoms with Crippen molar-refractivity contribution in [3.05, 3.63) is 42.7 Å². The molecule has 0 saturated carbocycles. The third-order valence-corrected chi connectivity index (χ3v) is 2.92. The minimum atomic E-state index is -0.953. The summed E-state index contributed by atoms with van der Waals surface area (Å²) in [6, 6.07) is 9.71.